The molecule has 1 atom stereocenters. The predicted molar refractivity (Wildman–Crippen MR) is 57.3 cm³/mol. The zero-order valence-corrected chi connectivity index (χ0v) is 9.38. The van der Waals surface area contributed by atoms with E-state index in [-0.39, 0.29) is 0 Å². The van der Waals surface area contributed by atoms with Gasteiger partial charge in [0.2, 0.25) is 0 Å². The molecule has 80 valence electrons. The highest BCUT2D eigenvalue weighted by atomic mass is 16.1. The number of carbonyl (C=O) groups excluding carboxylic acids is 1. The quantitative estimate of drug-likeness (QED) is 0.640. The maximum Gasteiger partial charge on any atom is 0.134 e. The van der Waals surface area contributed by atoms with Gasteiger partial charge in [-0.2, -0.15) is 0 Å². The number of nitrogens with zero attached hydrogens (tertiary/aromatic N) is 1. The van der Waals surface area contributed by atoms with Gasteiger partial charge in [-0.1, -0.05) is 0 Å². The van der Waals surface area contributed by atoms with Crippen LogP contribution in [0.5, 0.6) is 0 Å². The summed E-state index contributed by atoms with van der Waals surface area (Å²) < 4.78 is 0. The van der Waals surface area contributed by atoms with Crippen LogP contribution in [0.1, 0.15) is 52.4 Å². The average Bonchev–Trinajstić information content (AvgIpc) is 2.45. The van der Waals surface area contributed by atoms with Crippen LogP contribution < -0.4 is 0 Å². The highest BCUT2D eigenvalue weighted by Crippen LogP contribution is 2.34. The van der Waals surface area contributed by atoms with E-state index in [2.05, 4.69) is 18.7 Å². The highest BCUT2D eigenvalue weighted by molar-refractivity contribution is 5.79. The Morgan fingerprint density at radius 1 is 1.36 bits per heavy atom. The largest absolute Gasteiger partial charge is 0.300 e. The number of likely N-dealkylation sites (tertiary alicyclic amines) is 1. The van der Waals surface area contributed by atoms with Crippen molar-refractivity contribution < 1.29 is 4.79 Å². The van der Waals surface area contributed by atoms with E-state index in [1.165, 1.54) is 25.8 Å². The van der Waals surface area contributed by atoms with Gasteiger partial charge in [0, 0.05) is 24.4 Å². The van der Waals surface area contributed by atoms with Gasteiger partial charge in [0.1, 0.15) is 5.78 Å². The van der Waals surface area contributed by atoms with Crippen LogP contribution in [0.4, 0.5) is 0 Å². The molecule has 1 saturated heterocycles. The van der Waals surface area contributed by atoms with Crippen LogP contribution in [-0.4, -0.2) is 28.8 Å². The van der Waals surface area contributed by atoms with Crippen molar-refractivity contribution in [2.75, 3.05) is 6.54 Å². The van der Waals surface area contributed by atoms with Crippen molar-refractivity contribution in [1.82, 2.24) is 4.90 Å². The van der Waals surface area contributed by atoms with E-state index in [1.807, 2.05) is 0 Å². The molecule has 1 unspecified atom stereocenters. The molecule has 0 spiro atoms. The standard InChI is InChI=1S/C12H21NO/c1-12(2)7-4-8-13(12)10-5-3-6-11(14)9-10/h10H,3-9H2,1-2H3. The first kappa shape index (κ1) is 10.2. The van der Waals surface area contributed by atoms with E-state index in [9.17, 15) is 4.79 Å². The summed E-state index contributed by atoms with van der Waals surface area (Å²) in [5, 5.41) is 0. The Balaban J connectivity index is 2.03. The smallest absolute Gasteiger partial charge is 0.134 e. The predicted octanol–water partition coefficient (Wildman–Crippen LogP) is 2.37. The number of hydrogen-bond donors (Lipinski definition) is 0. The molecule has 1 aliphatic carbocycles. The molecule has 14 heavy (non-hydrogen) atoms. The van der Waals surface area contributed by atoms with Crippen LogP contribution >= 0.6 is 0 Å². The van der Waals surface area contributed by atoms with Crippen LogP contribution in [0.25, 0.3) is 0 Å². The summed E-state index contributed by atoms with van der Waals surface area (Å²) in [5.41, 5.74) is 0.336. The molecule has 2 aliphatic rings. The molecule has 0 aromatic rings. The summed E-state index contributed by atoms with van der Waals surface area (Å²) in [7, 11) is 0. The van der Waals surface area contributed by atoms with E-state index in [0.29, 0.717) is 17.4 Å². The van der Waals surface area contributed by atoms with E-state index in [4.69, 9.17) is 0 Å². The molecular formula is C12H21NO. The molecular weight excluding hydrogens is 174 g/mol. The number of hydrogen-bond acceptors (Lipinski definition) is 2. The van der Waals surface area contributed by atoms with Gasteiger partial charge in [-0.25, -0.2) is 0 Å². The second-order valence-corrected chi connectivity index (χ2v) is 5.40. The topological polar surface area (TPSA) is 20.3 Å². The van der Waals surface area contributed by atoms with Crippen molar-refractivity contribution in [2.45, 2.75) is 64.0 Å². The number of carbonyl (C=O) groups is 1. The zero-order chi connectivity index (χ0) is 10.2. The lowest BCUT2D eigenvalue weighted by molar-refractivity contribution is -0.122. The van der Waals surface area contributed by atoms with E-state index < -0.39 is 0 Å². The number of Topliss-reactive ketones (excluding diaryl/α,β-unsaturated/α-hetero) is 1. The van der Waals surface area contributed by atoms with Crippen molar-refractivity contribution in [2.24, 2.45) is 0 Å². The summed E-state index contributed by atoms with van der Waals surface area (Å²) in [6.45, 7) is 5.84. The van der Waals surface area contributed by atoms with Gasteiger partial charge in [-0.05, 0) is 46.1 Å². The second kappa shape index (κ2) is 3.65. The minimum absolute atomic E-state index is 0.336. The molecule has 1 heterocycles. The average molecular weight is 195 g/mol. The Kier molecular flexibility index (Phi) is 2.65. The Hall–Kier alpha value is -0.370. The van der Waals surface area contributed by atoms with Gasteiger partial charge in [0.15, 0.2) is 0 Å². The first-order valence-corrected chi connectivity index (χ1v) is 5.88. The first-order chi connectivity index (χ1) is 6.59. The summed E-state index contributed by atoms with van der Waals surface area (Å²) in [4.78, 5) is 14.0. The third kappa shape index (κ3) is 1.85. The fourth-order valence-corrected chi connectivity index (χ4v) is 3.07. The molecule has 0 aromatic carbocycles. The van der Waals surface area contributed by atoms with E-state index in [1.54, 1.807) is 0 Å². The lowest BCUT2D eigenvalue weighted by atomic mass is 9.90. The molecule has 0 bridgehead atoms. The van der Waals surface area contributed by atoms with E-state index >= 15 is 0 Å². The molecule has 0 N–H and O–H groups in total. The SMILES string of the molecule is CC1(C)CCCN1C1CCCC(=O)C1. The van der Waals surface area contributed by atoms with Gasteiger partial charge in [0.25, 0.3) is 0 Å². The fraction of sp³-hybridized carbons (Fsp3) is 0.917. The van der Waals surface area contributed by atoms with Crippen LogP contribution in [0.15, 0.2) is 0 Å². The molecule has 2 fully saturated rings. The van der Waals surface area contributed by atoms with Gasteiger partial charge in [-0.3, -0.25) is 9.69 Å². The number of ketones is 1. The van der Waals surface area contributed by atoms with Crippen LogP contribution in [0.3, 0.4) is 0 Å². The Morgan fingerprint density at radius 2 is 2.14 bits per heavy atom. The molecule has 2 heteroatoms. The molecule has 0 aromatic heterocycles. The summed E-state index contributed by atoms with van der Waals surface area (Å²) in [6.07, 6.45) is 6.56. The van der Waals surface area contributed by atoms with Crippen molar-refractivity contribution in [3.8, 4) is 0 Å². The van der Waals surface area contributed by atoms with E-state index in [0.717, 1.165) is 19.3 Å². The Labute approximate surface area is 86.7 Å². The van der Waals surface area contributed by atoms with Crippen LogP contribution in [0.2, 0.25) is 0 Å². The lowest BCUT2D eigenvalue weighted by Gasteiger charge is -2.39. The van der Waals surface area contributed by atoms with Gasteiger partial charge in [-0.15, -0.1) is 0 Å². The van der Waals surface area contributed by atoms with Gasteiger partial charge >= 0.3 is 0 Å². The van der Waals surface area contributed by atoms with Crippen molar-refractivity contribution >= 4 is 5.78 Å². The van der Waals surface area contributed by atoms with Crippen LogP contribution in [-0.2, 0) is 4.79 Å². The minimum Gasteiger partial charge on any atom is -0.300 e. The molecule has 1 aliphatic heterocycles. The van der Waals surface area contributed by atoms with Crippen molar-refractivity contribution in [3.05, 3.63) is 0 Å². The molecule has 2 nitrogen and oxygen atoms in total. The number of rotatable bonds is 1. The molecule has 1 saturated carbocycles. The normalized spacial score (nSPS) is 33.6. The van der Waals surface area contributed by atoms with Gasteiger partial charge in [0.05, 0.1) is 0 Å². The fourth-order valence-electron chi connectivity index (χ4n) is 3.07. The third-order valence-electron chi connectivity index (χ3n) is 3.86. The highest BCUT2D eigenvalue weighted by Gasteiger charge is 2.38. The molecule has 2 rings (SSSR count). The van der Waals surface area contributed by atoms with Crippen LogP contribution in [0, 0.1) is 0 Å². The summed E-state index contributed by atoms with van der Waals surface area (Å²) in [5.74, 6) is 0.476. The summed E-state index contributed by atoms with van der Waals surface area (Å²) in [6, 6.07) is 0.550. The maximum atomic E-state index is 11.4. The summed E-state index contributed by atoms with van der Waals surface area (Å²) >= 11 is 0. The zero-order valence-electron chi connectivity index (χ0n) is 9.38. The lowest BCUT2D eigenvalue weighted by Crippen LogP contribution is -2.47. The Bertz CT molecular complexity index is 234. The van der Waals surface area contributed by atoms with Gasteiger partial charge < -0.3 is 0 Å². The monoisotopic (exact) mass is 195 g/mol. The van der Waals surface area contributed by atoms with Crippen molar-refractivity contribution in [3.63, 3.8) is 0 Å². The Morgan fingerprint density at radius 3 is 2.71 bits per heavy atom. The molecule has 0 radical (unpaired) electrons. The second-order valence-electron chi connectivity index (χ2n) is 5.40. The van der Waals surface area contributed by atoms with Crippen molar-refractivity contribution in [1.29, 1.82) is 0 Å². The third-order valence-corrected chi connectivity index (χ3v) is 3.86. The first-order valence-electron chi connectivity index (χ1n) is 5.88. The molecule has 0 amide bonds. The minimum atomic E-state index is 0.336. The maximum absolute atomic E-state index is 11.4.